The van der Waals surface area contributed by atoms with Crippen molar-refractivity contribution in [3.8, 4) is 0 Å². The summed E-state index contributed by atoms with van der Waals surface area (Å²) in [5.41, 5.74) is 7.50. The molecule has 3 aromatic rings. The molecule has 2 unspecified atom stereocenters. The fourth-order valence-electron chi connectivity index (χ4n) is 5.66. The first-order valence-corrected chi connectivity index (χ1v) is 11.7. The minimum absolute atomic E-state index is 0.224. The van der Waals surface area contributed by atoms with Gasteiger partial charge in [0.2, 0.25) is 5.91 Å². The van der Waals surface area contributed by atoms with Gasteiger partial charge in [-0.05, 0) is 49.9 Å². The number of benzene rings is 2. The molecule has 5 rings (SSSR count). The maximum absolute atomic E-state index is 13.6. The Balaban J connectivity index is 1.38. The van der Waals surface area contributed by atoms with Gasteiger partial charge in [0.25, 0.3) is 0 Å². The van der Waals surface area contributed by atoms with Gasteiger partial charge in [0.1, 0.15) is 0 Å². The van der Waals surface area contributed by atoms with Crippen molar-refractivity contribution in [1.82, 2.24) is 19.6 Å². The number of carbonyl (C=O) groups is 1. The van der Waals surface area contributed by atoms with Crippen molar-refractivity contribution in [2.45, 2.75) is 45.2 Å². The van der Waals surface area contributed by atoms with Crippen molar-refractivity contribution in [2.24, 2.45) is 7.05 Å². The summed E-state index contributed by atoms with van der Waals surface area (Å²) in [6, 6.07) is 19.5. The van der Waals surface area contributed by atoms with Gasteiger partial charge >= 0.3 is 0 Å². The SMILES string of the molecule is Cc1nn(C)c(C)c1C1CCCN1CC(=O)N1Cc2ccccc2C(c2ccccc2)C1. The van der Waals surface area contributed by atoms with Crippen LogP contribution in [0, 0.1) is 13.8 Å². The quantitative estimate of drug-likeness (QED) is 0.620. The van der Waals surface area contributed by atoms with E-state index in [9.17, 15) is 4.79 Å². The maximum Gasteiger partial charge on any atom is 0.237 e. The van der Waals surface area contributed by atoms with E-state index in [0.717, 1.165) is 31.6 Å². The van der Waals surface area contributed by atoms with Crippen LogP contribution >= 0.6 is 0 Å². The molecule has 1 saturated heterocycles. The van der Waals surface area contributed by atoms with Gasteiger partial charge in [0, 0.05) is 43.4 Å². The summed E-state index contributed by atoms with van der Waals surface area (Å²) in [6.45, 7) is 7.11. The van der Waals surface area contributed by atoms with Crippen molar-refractivity contribution in [2.75, 3.05) is 19.6 Å². The van der Waals surface area contributed by atoms with Crippen molar-refractivity contribution in [3.05, 3.63) is 88.2 Å². The van der Waals surface area contributed by atoms with Crippen LogP contribution in [-0.2, 0) is 18.4 Å². The second kappa shape index (κ2) is 8.55. The van der Waals surface area contributed by atoms with Crippen LogP contribution in [0.25, 0.3) is 0 Å². The molecule has 5 nitrogen and oxygen atoms in total. The van der Waals surface area contributed by atoms with Crippen LogP contribution in [0.1, 0.15) is 58.4 Å². The molecule has 0 saturated carbocycles. The number of hydrogen-bond donors (Lipinski definition) is 0. The molecule has 0 radical (unpaired) electrons. The molecule has 2 aliphatic heterocycles. The molecule has 3 heterocycles. The predicted molar refractivity (Wildman–Crippen MR) is 126 cm³/mol. The van der Waals surface area contributed by atoms with Crippen molar-refractivity contribution >= 4 is 5.91 Å². The van der Waals surface area contributed by atoms with Crippen molar-refractivity contribution in [1.29, 1.82) is 0 Å². The van der Waals surface area contributed by atoms with E-state index in [-0.39, 0.29) is 17.9 Å². The van der Waals surface area contributed by atoms with Gasteiger partial charge in [-0.25, -0.2) is 0 Å². The van der Waals surface area contributed by atoms with Crippen LogP contribution in [0.15, 0.2) is 54.6 Å². The van der Waals surface area contributed by atoms with Gasteiger partial charge < -0.3 is 4.90 Å². The van der Waals surface area contributed by atoms with Crippen LogP contribution in [0.2, 0.25) is 0 Å². The number of likely N-dealkylation sites (tertiary alicyclic amines) is 1. The molecule has 2 atom stereocenters. The molecule has 2 aromatic carbocycles. The zero-order valence-corrected chi connectivity index (χ0v) is 19.3. The lowest BCUT2D eigenvalue weighted by atomic mass is 9.84. The summed E-state index contributed by atoms with van der Waals surface area (Å²) in [7, 11) is 2.01. The van der Waals surface area contributed by atoms with Crippen LogP contribution in [0.4, 0.5) is 0 Å². The molecule has 5 heteroatoms. The Bertz CT molecular complexity index is 1120. The van der Waals surface area contributed by atoms with E-state index in [0.29, 0.717) is 13.1 Å². The number of aryl methyl sites for hydroxylation is 2. The first-order chi connectivity index (χ1) is 15.5. The van der Waals surface area contributed by atoms with E-state index in [1.165, 1.54) is 27.9 Å². The Kier molecular flexibility index (Phi) is 5.60. The Morgan fingerprint density at radius 2 is 1.81 bits per heavy atom. The number of fused-ring (bicyclic) bond motifs is 1. The molecular weight excluding hydrogens is 396 g/mol. The Hall–Kier alpha value is -2.92. The highest BCUT2D eigenvalue weighted by molar-refractivity contribution is 5.79. The monoisotopic (exact) mass is 428 g/mol. The Morgan fingerprint density at radius 3 is 2.56 bits per heavy atom. The number of nitrogens with zero attached hydrogens (tertiary/aromatic N) is 4. The van der Waals surface area contributed by atoms with Crippen LogP contribution in [-0.4, -0.2) is 45.1 Å². The Morgan fingerprint density at radius 1 is 1.06 bits per heavy atom. The first-order valence-electron chi connectivity index (χ1n) is 11.7. The summed E-state index contributed by atoms with van der Waals surface area (Å²) in [5.74, 6) is 0.453. The average Bonchev–Trinajstić information content (AvgIpc) is 3.36. The van der Waals surface area contributed by atoms with E-state index in [1.807, 2.05) is 11.7 Å². The summed E-state index contributed by atoms with van der Waals surface area (Å²) < 4.78 is 1.97. The second-order valence-corrected chi connectivity index (χ2v) is 9.27. The third-order valence-corrected chi connectivity index (χ3v) is 7.35. The van der Waals surface area contributed by atoms with E-state index >= 15 is 0 Å². The minimum Gasteiger partial charge on any atom is -0.336 e. The van der Waals surface area contributed by atoms with E-state index in [4.69, 9.17) is 0 Å². The lowest BCUT2D eigenvalue weighted by molar-refractivity contribution is -0.133. The molecule has 32 heavy (non-hydrogen) atoms. The molecule has 166 valence electrons. The summed E-state index contributed by atoms with van der Waals surface area (Å²) in [5, 5.41) is 4.62. The molecule has 0 N–H and O–H groups in total. The van der Waals surface area contributed by atoms with Crippen LogP contribution in [0.5, 0.6) is 0 Å². The van der Waals surface area contributed by atoms with Gasteiger partial charge in [-0.1, -0.05) is 54.6 Å². The lowest BCUT2D eigenvalue weighted by Gasteiger charge is -2.36. The second-order valence-electron chi connectivity index (χ2n) is 9.27. The number of aromatic nitrogens is 2. The third-order valence-electron chi connectivity index (χ3n) is 7.35. The number of carbonyl (C=O) groups excluding carboxylic acids is 1. The predicted octanol–water partition coefficient (Wildman–Crippen LogP) is 4.35. The molecule has 0 bridgehead atoms. The highest BCUT2D eigenvalue weighted by Crippen LogP contribution is 2.37. The zero-order chi connectivity index (χ0) is 22.2. The standard InChI is InChI=1S/C27H32N4O/c1-19-27(20(2)29(3)28-19)25-14-9-15-30(25)18-26(32)31-16-22-12-7-8-13-23(22)24(17-31)21-10-5-4-6-11-21/h4-8,10-13,24-25H,9,14-18H2,1-3H3. The normalized spacial score (nSPS) is 21.0. The summed E-state index contributed by atoms with van der Waals surface area (Å²) >= 11 is 0. The summed E-state index contributed by atoms with van der Waals surface area (Å²) in [6.07, 6.45) is 2.22. The molecule has 1 amide bonds. The van der Waals surface area contributed by atoms with Gasteiger partial charge in [-0.3, -0.25) is 14.4 Å². The van der Waals surface area contributed by atoms with E-state index in [2.05, 4.69) is 83.3 Å². The van der Waals surface area contributed by atoms with E-state index < -0.39 is 0 Å². The fraction of sp³-hybridized carbons (Fsp3) is 0.407. The average molecular weight is 429 g/mol. The lowest BCUT2D eigenvalue weighted by Crippen LogP contribution is -2.44. The minimum atomic E-state index is 0.224. The molecule has 0 spiro atoms. The molecule has 0 aliphatic carbocycles. The molecular formula is C27H32N4O. The van der Waals surface area contributed by atoms with Gasteiger partial charge in [-0.15, -0.1) is 0 Å². The van der Waals surface area contributed by atoms with Gasteiger partial charge in [0.15, 0.2) is 0 Å². The molecule has 2 aliphatic rings. The van der Waals surface area contributed by atoms with Gasteiger partial charge in [-0.2, -0.15) is 5.10 Å². The van der Waals surface area contributed by atoms with Crippen LogP contribution < -0.4 is 0 Å². The highest BCUT2D eigenvalue weighted by Gasteiger charge is 2.34. The zero-order valence-electron chi connectivity index (χ0n) is 19.3. The molecule has 1 aromatic heterocycles. The highest BCUT2D eigenvalue weighted by atomic mass is 16.2. The van der Waals surface area contributed by atoms with Gasteiger partial charge in [0.05, 0.1) is 12.2 Å². The largest absolute Gasteiger partial charge is 0.336 e. The van der Waals surface area contributed by atoms with Crippen molar-refractivity contribution in [3.63, 3.8) is 0 Å². The smallest absolute Gasteiger partial charge is 0.237 e. The maximum atomic E-state index is 13.6. The number of hydrogen-bond acceptors (Lipinski definition) is 3. The van der Waals surface area contributed by atoms with Crippen LogP contribution in [0.3, 0.4) is 0 Å². The first kappa shape index (κ1) is 21.0. The Labute approximate surface area is 190 Å². The fourth-order valence-corrected chi connectivity index (χ4v) is 5.66. The molecule has 1 fully saturated rings. The topological polar surface area (TPSA) is 41.4 Å². The van der Waals surface area contributed by atoms with E-state index in [1.54, 1.807) is 0 Å². The number of rotatable bonds is 4. The summed E-state index contributed by atoms with van der Waals surface area (Å²) in [4.78, 5) is 18.0. The number of amides is 1. The third kappa shape index (κ3) is 3.75. The van der Waals surface area contributed by atoms with Crippen molar-refractivity contribution < 1.29 is 4.79 Å².